The Kier molecular flexibility index (Phi) is 12.6. The number of carboxylic acids is 4. The van der Waals surface area contributed by atoms with Crippen molar-refractivity contribution in [3.8, 4) is 0 Å². The van der Waals surface area contributed by atoms with E-state index in [0.717, 1.165) is 0 Å². The second kappa shape index (κ2) is 14.3. The Morgan fingerprint density at radius 2 is 0.938 bits per heavy atom. The van der Waals surface area contributed by atoms with Crippen molar-refractivity contribution < 1.29 is 54.0 Å². The Labute approximate surface area is 181 Å². The molecule has 0 bridgehead atoms. The van der Waals surface area contributed by atoms with Gasteiger partial charge in [0.15, 0.2) is 0 Å². The number of carboxylic acid groups (broad SMARTS) is 4. The zero-order chi connectivity index (χ0) is 24.8. The molecule has 0 rings (SSSR count). The van der Waals surface area contributed by atoms with Crippen molar-refractivity contribution in [3.05, 3.63) is 0 Å². The summed E-state index contributed by atoms with van der Waals surface area (Å²) in [7, 11) is 0. The summed E-state index contributed by atoms with van der Waals surface area (Å²) in [5.74, 6) is -8.35. The molecule has 0 aliphatic carbocycles. The van der Waals surface area contributed by atoms with Crippen LogP contribution in [-0.4, -0.2) is 86.7 Å². The lowest BCUT2D eigenvalue weighted by Crippen LogP contribution is -2.56. The molecule has 0 aliphatic rings. The predicted molar refractivity (Wildman–Crippen MR) is 103 cm³/mol. The summed E-state index contributed by atoms with van der Waals surface area (Å²) in [6.07, 6.45) is -2.99. The van der Waals surface area contributed by atoms with Crippen molar-refractivity contribution in [1.29, 1.82) is 0 Å². The summed E-state index contributed by atoms with van der Waals surface area (Å²) in [5, 5.41) is 41.9. The SMILES string of the molecule is NCC(=O)NC(CCC(=O)O)C(=O)NC(CCC(=O)O)C(=O)NC(CCC(=O)O)C(=O)O. The molecule has 3 atom stereocenters. The van der Waals surface area contributed by atoms with Crippen molar-refractivity contribution in [3.63, 3.8) is 0 Å². The van der Waals surface area contributed by atoms with Crippen LogP contribution in [-0.2, 0) is 33.6 Å². The van der Waals surface area contributed by atoms with Gasteiger partial charge in [0.05, 0.1) is 6.54 Å². The smallest absolute Gasteiger partial charge is 0.326 e. The number of carbonyl (C=O) groups excluding carboxylic acids is 3. The van der Waals surface area contributed by atoms with Gasteiger partial charge in [-0.2, -0.15) is 0 Å². The van der Waals surface area contributed by atoms with Crippen LogP contribution >= 0.6 is 0 Å². The highest BCUT2D eigenvalue weighted by Crippen LogP contribution is 2.05. The van der Waals surface area contributed by atoms with Crippen LogP contribution in [0.4, 0.5) is 0 Å². The molecule has 0 radical (unpaired) electrons. The molecule has 3 unspecified atom stereocenters. The summed E-state index contributed by atoms with van der Waals surface area (Å²) >= 11 is 0. The lowest BCUT2D eigenvalue weighted by atomic mass is 10.1. The van der Waals surface area contributed by atoms with E-state index in [1.807, 2.05) is 5.32 Å². The fourth-order valence-electron chi connectivity index (χ4n) is 2.40. The van der Waals surface area contributed by atoms with Gasteiger partial charge in [-0.15, -0.1) is 0 Å². The number of nitrogens with one attached hydrogen (secondary N) is 3. The predicted octanol–water partition coefficient (Wildman–Crippen LogP) is -2.92. The third kappa shape index (κ3) is 12.1. The zero-order valence-corrected chi connectivity index (χ0v) is 16.9. The van der Waals surface area contributed by atoms with Crippen LogP contribution < -0.4 is 21.7 Å². The van der Waals surface area contributed by atoms with Crippen LogP contribution in [0.5, 0.6) is 0 Å². The van der Waals surface area contributed by atoms with Gasteiger partial charge < -0.3 is 42.1 Å². The van der Waals surface area contributed by atoms with E-state index in [4.69, 9.17) is 26.2 Å². The molecule has 0 heterocycles. The van der Waals surface area contributed by atoms with Crippen LogP contribution in [0.3, 0.4) is 0 Å². The van der Waals surface area contributed by atoms with E-state index in [2.05, 4.69) is 10.6 Å². The molecule has 180 valence electrons. The molecule has 9 N–H and O–H groups in total. The number of hydrogen-bond acceptors (Lipinski definition) is 8. The highest BCUT2D eigenvalue weighted by Gasteiger charge is 2.30. The molecule has 3 amide bonds. The Hall–Kier alpha value is -3.75. The molecule has 0 aromatic carbocycles. The maximum Gasteiger partial charge on any atom is 0.326 e. The van der Waals surface area contributed by atoms with Gasteiger partial charge in [-0.05, 0) is 19.3 Å². The average molecular weight is 462 g/mol. The van der Waals surface area contributed by atoms with Crippen molar-refractivity contribution in [1.82, 2.24) is 16.0 Å². The second-order valence-corrected chi connectivity index (χ2v) is 6.58. The fraction of sp³-hybridized carbons (Fsp3) is 0.588. The van der Waals surface area contributed by atoms with E-state index >= 15 is 0 Å². The summed E-state index contributed by atoms with van der Waals surface area (Å²) in [4.78, 5) is 80.1. The minimum absolute atomic E-state index is 0.365. The van der Waals surface area contributed by atoms with Crippen LogP contribution in [0.15, 0.2) is 0 Å². The third-order valence-electron chi connectivity index (χ3n) is 4.03. The molecule has 0 aromatic rings. The Balaban J connectivity index is 5.47. The van der Waals surface area contributed by atoms with E-state index in [0.29, 0.717) is 0 Å². The first kappa shape index (κ1) is 28.2. The van der Waals surface area contributed by atoms with Gasteiger partial charge in [0.1, 0.15) is 18.1 Å². The molecule has 0 saturated heterocycles. The number of rotatable bonds is 16. The molecule has 15 nitrogen and oxygen atoms in total. The molecule has 15 heteroatoms. The monoisotopic (exact) mass is 462 g/mol. The van der Waals surface area contributed by atoms with Gasteiger partial charge in [-0.1, -0.05) is 0 Å². The summed E-state index contributed by atoms with van der Waals surface area (Å²) in [5.41, 5.74) is 5.15. The average Bonchev–Trinajstić information content (AvgIpc) is 2.69. The maximum absolute atomic E-state index is 12.5. The lowest BCUT2D eigenvalue weighted by molar-refractivity contribution is -0.144. The van der Waals surface area contributed by atoms with Crippen molar-refractivity contribution >= 4 is 41.6 Å². The van der Waals surface area contributed by atoms with E-state index < -0.39 is 98.4 Å². The summed E-state index contributed by atoms with van der Waals surface area (Å²) in [6.45, 7) is -0.510. The molecule has 0 fully saturated rings. The standard InChI is InChI=1S/C17H26N4O11/c18-7-11(22)19-8(1-4-12(23)24)15(29)20-9(2-5-13(25)26)16(30)21-10(17(31)32)3-6-14(27)28/h8-10H,1-7,18H2,(H,19,22)(H,20,29)(H,21,30)(H,23,24)(H,25,26)(H,27,28)(H,31,32). The van der Waals surface area contributed by atoms with Crippen molar-refractivity contribution in [2.75, 3.05) is 6.54 Å². The van der Waals surface area contributed by atoms with Gasteiger partial charge in [0, 0.05) is 19.3 Å². The topological polar surface area (TPSA) is 263 Å². The van der Waals surface area contributed by atoms with E-state index in [9.17, 15) is 33.6 Å². The van der Waals surface area contributed by atoms with Crippen LogP contribution in [0.1, 0.15) is 38.5 Å². The number of amides is 3. The molecule has 32 heavy (non-hydrogen) atoms. The minimum atomic E-state index is -1.62. The van der Waals surface area contributed by atoms with Gasteiger partial charge in [-0.3, -0.25) is 28.8 Å². The first-order valence-electron chi connectivity index (χ1n) is 9.35. The van der Waals surface area contributed by atoms with Gasteiger partial charge in [-0.25, -0.2) is 4.79 Å². The van der Waals surface area contributed by atoms with Crippen LogP contribution in [0.25, 0.3) is 0 Å². The number of nitrogens with two attached hydrogens (primary N) is 1. The Morgan fingerprint density at radius 3 is 1.28 bits per heavy atom. The molecule has 0 aliphatic heterocycles. The van der Waals surface area contributed by atoms with E-state index in [1.165, 1.54) is 0 Å². The summed E-state index contributed by atoms with van der Waals surface area (Å²) in [6, 6.07) is -4.60. The number of hydrogen-bond donors (Lipinski definition) is 8. The van der Waals surface area contributed by atoms with E-state index in [1.54, 1.807) is 0 Å². The van der Waals surface area contributed by atoms with Gasteiger partial charge >= 0.3 is 23.9 Å². The van der Waals surface area contributed by atoms with Gasteiger partial charge in [0.25, 0.3) is 0 Å². The van der Waals surface area contributed by atoms with Crippen molar-refractivity contribution in [2.45, 2.75) is 56.7 Å². The minimum Gasteiger partial charge on any atom is -0.481 e. The first-order chi connectivity index (χ1) is 14.9. The number of aliphatic carboxylic acids is 4. The van der Waals surface area contributed by atoms with Gasteiger partial charge in [0.2, 0.25) is 17.7 Å². The fourth-order valence-corrected chi connectivity index (χ4v) is 2.40. The second-order valence-electron chi connectivity index (χ2n) is 6.58. The van der Waals surface area contributed by atoms with E-state index in [-0.39, 0.29) is 6.42 Å². The third-order valence-corrected chi connectivity index (χ3v) is 4.03. The van der Waals surface area contributed by atoms with Crippen LogP contribution in [0, 0.1) is 0 Å². The lowest BCUT2D eigenvalue weighted by Gasteiger charge is -2.24. The van der Waals surface area contributed by atoms with Crippen LogP contribution in [0.2, 0.25) is 0 Å². The normalized spacial score (nSPS) is 13.2. The molecule has 0 saturated carbocycles. The van der Waals surface area contributed by atoms with Crippen molar-refractivity contribution in [2.24, 2.45) is 5.73 Å². The highest BCUT2D eigenvalue weighted by molar-refractivity contribution is 5.94. The molecular formula is C17H26N4O11. The zero-order valence-electron chi connectivity index (χ0n) is 16.9. The molecule has 0 spiro atoms. The summed E-state index contributed by atoms with van der Waals surface area (Å²) < 4.78 is 0. The highest BCUT2D eigenvalue weighted by atomic mass is 16.4. The number of carbonyl (C=O) groups is 7. The Morgan fingerprint density at radius 1 is 0.594 bits per heavy atom. The quantitative estimate of drug-likeness (QED) is 0.115. The molecule has 0 aromatic heterocycles. The largest absolute Gasteiger partial charge is 0.481 e. The first-order valence-corrected chi connectivity index (χ1v) is 9.35. The molecular weight excluding hydrogens is 436 g/mol. The Bertz CT molecular complexity index is 740. The maximum atomic E-state index is 12.5.